The summed E-state index contributed by atoms with van der Waals surface area (Å²) < 4.78 is 14.8. The third-order valence-corrected chi connectivity index (χ3v) is 5.28. The highest BCUT2D eigenvalue weighted by atomic mass is 79.9. The second-order valence-corrected chi connectivity index (χ2v) is 7.22. The molecule has 0 aliphatic carbocycles. The van der Waals surface area contributed by atoms with Gasteiger partial charge in [0.15, 0.2) is 0 Å². The first-order valence-electron chi connectivity index (χ1n) is 7.87. The molecular formula is C17H18BrFN4. The third kappa shape index (κ3) is 3.16. The first kappa shape index (κ1) is 15.2. The van der Waals surface area contributed by atoms with Gasteiger partial charge in [-0.05, 0) is 46.6 Å². The van der Waals surface area contributed by atoms with E-state index < -0.39 is 0 Å². The lowest BCUT2D eigenvalue weighted by Crippen LogP contribution is -2.45. The number of likely N-dealkylation sites (tertiary alicyclic amines) is 2. The maximum Gasteiger partial charge on any atom is 0.146 e. The predicted molar refractivity (Wildman–Crippen MR) is 89.1 cm³/mol. The van der Waals surface area contributed by atoms with E-state index in [-0.39, 0.29) is 5.82 Å². The van der Waals surface area contributed by atoms with Crippen LogP contribution in [0.2, 0.25) is 0 Å². The zero-order chi connectivity index (χ0) is 15.8. The minimum atomic E-state index is -0.203. The lowest BCUT2D eigenvalue weighted by molar-refractivity contribution is 0.115. The quantitative estimate of drug-likeness (QED) is 0.821. The molecule has 2 bridgehead atoms. The smallest absolute Gasteiger partial charge is 0.146 e. The molecule has 2 saturated heterocycles. The lowest BCUT2D eigenvalue weighted by atomic mass is 10.2. The highest BCUT2D eigenvalue weighted by Crippen LogP contribution is 2.32. The van der Waals surface area contributed by atoms with E-state index in [1.165, 1.54) is 6.07 Å². The monoisotopic (exact) mass is 376 g/mol. The van der Waals surface area contributed by atoms with Crippen LogP contribution >= 0.6 is 15.9 Å². The average molecular weight is 377 g/mol. The van der Waals surface area contributed by atoms with Crippen molar-refractivity contribution < 1.29 is 4.39 Å². The van der Waals surface area contributed by atoms with Crippen molar-refractivity contribution in [2.24, 2.45) is 0 Å². The molecule has 2 aromatic rings. The fourth-order valence-corrected chi connectivity index (χ4v) is 3.89. The van der Waals surface area contributed by atoms with Gasteiger partial charge in [0.2, 0.25) is 0 Å². The Hall–Kier alpha value is -1.37. The summed E-state index contributed by atoms with van der Waals surface area (Å²) in [5.41, 5.74) is 1.66. The Bertz CT molecular complexity index is 693. The molecule has 23 heavy (non-hydrogen) atoms. The summed E-state index contributed by atoms with van der Waals surface area (Å²) in [6, 6.07) is 8.27. The van der Waals surface area contributed by atoms with E-state index in [1.807, 2.05) is 12.3 Å². The zero-order valence-electron chi connectivity index (χ0n) is 12.7. The Kier molecular flexibility index (Phi) is 4.13. The van der Waals surface area contributed by atoms with Gasteiger partial charge < -0.3 is 0 Å². The molecule has 0 amide bonds. The summed E-state index contributed by atoms with van der Waals surface area (Å²) in [5, 5.41) is 0. The van der Waals surface area contributed by atoms with Crippen LogP contribution in [0.1, 0.15) is 17.8 Å². The molecule has 2 aliphatic rings. The molecule has 4 rings (SSSR count). The number of nitrogens with zero attached hydrogens (tertiary/aromatic N) is 4. The van der Waals surface area contributed by atoms with Crippen molar-refractivity contribution in [2.45, 2.75) is 31.6 Å². The van der Waals surface area contributed by atoms with Crippen molar-refractivity contribution in [2.75, 3.05) is 13.1 Å². The normalized spacial score (nSPS) is 24.4. The number of fused-ring (bicyclic) bond motifs is 2. The molecule has 0 aromatic carbocycles. The van der Waals surface area contributed by atoms with Gasteiger partial charge in [0.25, 0.3) is 0 Å². The lowest BCUT2D eigenvalue weighted by Gasteiger charge is -2.33. The molecule has 2 unspecified atom stereocenters. The predicted octanol–water partition coefficient (Wildman–Crippen LogP) is 2.84. The number of hydrogen-bond acceptors (Lipinski definition) is 4. The number of rotatable bonds is 4. The van der Waals surface area contributed by atoms with Crippen molar-refractivity contribution >= 4 is 15.9 Å². The van der Waals surface area contributed by atoms with Gasteiger partial charge in [-0.2, -0.15) is 0 Å². The van der Waals surface area contributed by atoms with E-state index in [0.29, 0.717) is 24.3 Å². The van der Waals surface area contributed by atoms with E-state index in [4.69, 9.17) is 0 Å². The fraction of sp³-hybridized carbons (Fsp3) is 0.412. The number of halogens is 2. The number of hydrogen-bond donors (Lipinski definition) is 0. The molecule has 2 fully saturated rings. The Morgan fingerprint density at radius 2 is 1.87 bits per heavy atom. The molecule has 2 atom stereocenters. The van der Waals surface area contributed by atoms with Crippen LogP contribution in [0.4, 0.5) is 4.39 Å². The van der Waals surface area contributed by atoms with Gasteiger partial charge in [0.1, 0.15) is 5.82 Å². The molecule has 2 aromatic heterocycles. The molecule has 0 saturated carbocycles. The van der Waals surface area contributed by atoms with Gasteiger partial charge >= 0.3 is 0 Å². The van der Waals surface area contributed by atoms with Gasteiger partial charge in [-0.3, -0.25) is 19.8 Å². The van der Waals surface area contributed by atoms with Gasteiger partial charge in [-0.25, -0.2) is 4.39 Å². The zero-order valence-corrected chi connectivity index (χ0v) is 14.3. The molecule has 0 spiro atoms. The summed E-state index contributed by atoms with van der Waals surface area (Å²) in [5.74, 6) is -0.203. The van der Waals surface area contributed by atoms with Crippen LogP contribution in [0.25, 0.3) is 0 Å². The summed E-state index contributed by atoms with van der Waals surface area (Å²) in [7, 11) is 0. The Morgan fingerprint density at radius 1 is 1.09 bits per heavy atom. The van der Waals surface area contributed by atoms with Crippen LogP contribution in [0.3, 0.4) is 0 Å². The average Bonchev–Trinajstić information content (AvgIpc) is 3.12. The van der Waals surface area contributed by atoms with E-state index in [1.54, 1.807) is 12.3 Å². The van der Waals surface area contributed by atoms with Gasteiger partial charge in [-0.1, -0.05) is 0 Å². The topological polar surface area (TPSA) is 32.3 Å². The van der Waals surface area contributed by atoms with E-state index in [2.05, 4.69) is 41.8 Å². The SMILES string of the molecule is Fc1cccnc1CN1CC2CC1CN2Cc1ccc(Br)cn1. The summed E-state index contributed by atoms with van der Waals surface area (Å²) in [4.78, 5) is 13.5. The maximum atomic E-state index is 13.8. The summed E-state index contributed by atoms with van der Waals surface area (Å²) in [6.45, 7) is 3.51. The Balaban J connectivity index is 1.38. The molecule has 4 nitrogen and oxygen atoms in total. The van der Waals surface area contributed by atoms with Gasteiger partial charge in [-0.15, -0.1) is 0 Å². The summed E-state index contributed by atoms with van der Waals surface area (Å²) >= 11 is 3.42. The van der Waals surface area contributed by atoms with E-state index in [0.717, 1.165) is 36.2 Å². The van der Waals surface area contributed by atoms with Crippen LogP contribution in [-0.4, -0.2) is 44.9 Å². The Labute approximate surface area is 143 Å². The third-order valence-electron chi connectivity index (χ3n) is 4.81. The van der Waals surface area contributed by atoms with Crippen LogP contribution in [0.5, 0.6) is 0 Å². The van der Waals surface area contributed by atoms with E-state index >= 15 is 0 Å². The van der Waals surface area contributed by atoms with Crippen LogP contribution in [0.15, 0.2) is 41.1 Å². The maximum absolute atomic E-state index is 13.8. The Morgan fingerprint density at radius 3 is 2.52 bits per heavy atom. The first-order valence-corrected chi connectivity index (χ1v) is 8.66. The molecule has 4 heterocycles. The largest absolute Gasteiger partial charge is 0.292 e. The molecule has 6 heteroatoms. The van der Waals surface area contributed by atoms with Crippen molar-refractivity contribution in [1.29, 1.82) is 0 Å². The van der Waals surface area contributed by atoms with Gasteiger partial charge in [0.05, 0.1) is 11.4 Å². The first-order chi connectivity index (χ1) is 11.2. The van der Waals surface area contributed by atoms with Gasteiger partial charge in [0, 0.05) is 55.1 Å². The molecule has 2 aliphatic heterocycles. The highest BCUT2D eigenvalue weighted by molar-refractivity contribution is 9.10. The highest BCUT2D eigenvalue weighted by Gasteiger charge is 2.43. The van der Waals surface area contributed by atoms with Crippen LogP contribution in [-0.2, 0) is 13.1 Å². The standard InChI is InChI=1S/C17H18BrFN4/c18-12-3-4-13(21-7-12)8-22-9-15-6-14(22)10-23(15)11-17-16(19)2-1-5-20-17/h1-5,7,14-15H,6,8-11H2. The van der Waals surface area contributed by atoms with Crippen LogP contribution < -0.4 is 0 Å². The minimum absolute atomic E-state index is 0.203. The molecule has 0 N–H and O–H groups in total. The number of pyridine rings is 2. The second kappa shape index (κ2) is 6.26. The van der Waals surface area contributed by atoms with E-state index in [9.17, 15) is 4.39 Å². The molecule has 0 radical (unpaired) electrons. The van der Waals surface area contributed by atoms with Crippen molar-refractivity contribution in [1.82, 2.24) is 19.8 Å². The second-order valence-electron chi connectivity index (χ2n) is 6.30. The van der Waals surface area contributed by atoms with Crippen molar-refractivity contribution in [3.8, 4) is 0 Å². The van der Waals surface area contributed by atoms with Crippen molar-refractivity contribution in [3.05, 3.63) is 58.3 Å². The van der Waals surface area contributed by atoms with Crippen molar-refractivity contribution in [3.63, 3.8) is 0 Å². The molecule has 120 valence electrons. The summed E-state index contributed by atoms with van der Waals surface area (Å²) in [6.07, 6.45) is 4.67. The number of aromatic nitrogens is 2. The number of piperazine rings is 1. The minimum Gasteiger partial charge on any atom is -0.292 e. The van der Waals surface area contributed by atoms with Crippen LogP contribution in [0, 0.1) is 5.82 Å². The molecular weight excluding hydrogens is 359 g/mol. The fourth-order valence-electron chi connectivity index (χ4n) is 3.65.